The fraction of sp³-hybridized carbons (Fsp3) is 0.364. The lowest BCUT2D eigenvalue weighted by atomic mass is 10.1. The Labute approximate surface area is 101 Å². The summed E-state index contributed by atoms with van der Waals surface area (Å²) in [5.74, 6) is 0.248. The van der Waals surface area contributed by atoms with Crippen LogP contribution in [0.4, 0.5) is 8.78 Å². The van der Waals surface area contributed by atoms with E-state index < -0.39 is 12.5 Å². The highest BCUT2D eigenvalue weighted by atomic mass is 19.3. The maximum absolute atomic E-state index is 12.2. The van der Waals surface area contributed by atoms with Crippen LogP contribution < -0.4 is 0 Å². The summed E-state index contributed by atoms with van der Waals surface area (Å²) < 4.78 is 29.1. The van der Waals surface area contributed by atoms with Crippen molar-refractivity contribution in [1.82, 2.24) is 15.1 Å². The number of pyridine rings is 1. The van der Waals surface area contributed by atoms with E-state index in [4.69, 9.17) is 9.63 Å². The molecule has 0 fully saturated rings. The van der Waals surface area contributed by atoms with Crippen molar-refractivity contribution in [2.45, 2.75) is 25.9 Å². The molecule has 2 heterocycles. The van der Waals surface area contributed by atoms with E-state index >= 15 is 0 Å². The summed E-state index contributed by atoms with van der Waals surface area (Å²) in [6.45, 7) is 1.85. The Morgan fingerprint density at radius 2 is 2.22 bits per heavy atom. The first-order valence-corrected chi connectivity index (χ1v) is 5.27. The fourth-order valence-electron chi connectivity index (χ4n) is 1.41. The van der Waals surface area contributed by atoms with Crippen molar-refractivity contribution in [3.8, 4) is 11.4 Å². The van der Waals surface area contributed by atoms with Crippen LogP contribution in [0.25, 0.3) is 11.4 Å². The number of alkyl halides is 2. The zero-order valence-corrected chi connectivity index (χ0v) is 9.55. The molecule has 0 saturated heterocycles. The molecule has 96 valence electrons. The van der Waals surface area contributed by atoms with Crippen LogP contribution >= 0.6 is 0 Å². The van der Waals surface area contributed by atoms with Crippen LogP contribution in [0.2, 0.25) is 0 Å². The zero-order chi connectivity index (χ0) is 13.1. The number of hydrogen-bond acceptors (Lipinski definition) is 5. The minimum absolute atomic E-state index is 0.0268. The van der Waals surface area contributed by atoms with E-state index in [1.807, 2.05) is 6.92 Å². The van der Waals surface area contributed by atoms with Crippen LogP contribution in [0.15, 0.2) is 23.0 Å². The van der Waals surface area contributed by atoms with Crippen LogP contribution in [-0.2, 0) is 6.42 Å². The maximum Gasteiger partial charge on any atom is 0.264 e. The summed E-state index contributed by atoms with van der Waals surface area (Å²) in [6.07, 6.45) is -1.81. The first-order valence-electron chi connectivity index (χ1n) is 5.27. The lowest BCUT2D eigenvalue weighted by molar-refractivity contribution is -0.00754. The third kappa shape index (κ3) is 2.67. The van der Waals surface area contributed by atoms with Crippen LogP contribution in [-0.4, -0.2) is 32.8 Å². The Bertz CT molecular complexity index is 531. The average molecular weight is 255 g/mol. The molecule has 0 spiro atoms. The van der Waals surface area contributed by atoms with Crippen LogP contribution in [0.1, 0.15) is 11.5 Å². The van der Waals surface area contributed by atoms with Crippen molar-refractivity contribution in [1.29, 1.82) is 0 Å². The smallest absolute Gasteiger partial charge is 0.264 e. The molecule has 5 nitrogen and oxygen atoms in total. The van der Waals surface area contributed by atoms with E-state index in [0.717, 1.165) is 5.56 Å². The van der Waals surface area contributed by atoms with Crippen LogP contribution in [0.5, 0.6) is 0 Å². The molecule has 0 aromatic carbocycles. The summed E-state index contributed by atoms with van der Waals surface area (Å²) >= 11 is 0. The Balaban J connectivity index is 2.18. The molecule has 1 unspecified atom stereocenters. The summed E-state index contributed by atoms with van der Waals surface area (Å²) in [5, 5.41) is 12.7. The van der Waals surface area contributed by atoms with Gasteiger partial charge in [-0.05, 0) is 18.6 Å². The molecule has 18 heavy (non-hydrogen) atoms. The predicted molar refractivity (Wildman–Crippen MR) is 58.0 cm³/mol. The molecule has 0 aliphatic rings. The molecule has 1 N–H and O–H groups in total. The number of nitrogens with zero attached hydrogens (tertiary/aromatic N) is 3. The highest BCUT2D eigenvalue weighted by Crippen LogP contribution is 2.19. The SMILES string of the molecule is Cc1ccncc1-c1noc(CC(O)C(F)F)n1. The number of halogens is 2. The molecule has 0 saturated carbocycles. The minimum atomic E-state index is -2.83. The van der Waals surface area contributed by atoms with E-state index in [1.165, 1.54) is 0 Å². The lowest BCUT2D eigenvalue weighted by Gasteiger charge is -2.04. The second-order valence-corrected chi connectivity index (χ2v) is 3.81. The Hall–Kier alpha value is -1.89. The van der Waals surface area contributed by atoms with E-state index in [0.29, 0.717) is 5.56 Å². The van der Waals surface area contributed by atoms with E-state index in [2.05, 4.69) is 15.1 Å². The number of hydrogen-bond donors (Lipinski definition) is 1. The topological polar surface area (TPSA) is 72.0 Å². The number of aryl methyl sites for hydroxylation is 1. The molecule has 1 atom stereocenters. The molecule has 0 bridgehead atoms. The van der Waals surface area contributed by atoms with Crippen molar-refractivity contribution < 1.29 is 18.4 Å². The molecule has 2 aromatic heterocycles. The van der Waals surface area contributed by atoms with Crippen LogP contribution in [0.3, 0.4) is 0 Å². The van der Waals surface area contributed by atoms with E-state index in [1.54, 1.807) is 18.5 Å². The Morgan fingerprint density at radius 1 is 1.44 bits per heavy atom. The van der Waals surface area contributed by atoms with Crippen molar-refractivity contribution in [2.24, 2.45) is 0 Å². The first-order chi connectivity index (χ1) is 8.58. The van der Waals surface area contributed by atoms with Gasteiger partial charge in [0.1, 0.15) is 6.10 Å². The maximum atomic E-state index is 12.2. The molecule has 0 aliphatic carbocycles. The normalized spacial score (nSPS) is 12.9. The second-order valence-electron chi connectivity index (χ2n) is 3.81. The number of aliphatic hydroxyl groups excluding tert-OH is 1. The minimum Gasteiger partial charge on any atom is -0.387 e. The number of rotatable bonds is 4. The Morgan fingerprint density at radius 3 is 2.89 bits per heavy atom. The average Bonchev–Trinajstić information content (AvgIpc) is 2.77. The standard InChI is InChI=1S/C11H11F2N3O2/c1-6-2-3-14-5-7(6)11-15-9(18-16-11)4-8(17)10(12)13/h2-3,5,8,10,17H,4H2,1H3. The lowest BCUT2D eigenvalue weighted by Crippen LogP contribution is -2.20. The van der Waals surface area contributed by atoms with Gasteiger partial charge in [0.15, 0.2) is 0 Å². The number of aliphatic hydroxyl groups is 1. The molecule has 0 amide bonds. The summed E-state index contributed by atoms with van der Waals surface area (Å²) in [4.78, 5) is 7.88. The molecule has 2 aromatic rings. The third-order valence-electron chi connectivity index (χ3n) is 2.42. The van der Waals surface area contributed by atoms with Gasteiger partial charge < -0.3 is 9.63 Å². The van der Waals surface area contributed by atoms with Gasteiger partial charge in [-0.25, -0.2) is 8.78 Å². The molecule has 7 heteroatoms. The van der Waals surface area contributed by atoms with Crippen molar-refractivity contribution in [3.63, 3.8) is 0 Å². The van der Waals surface area contributed by atoms with Gasteiger partial charge in [-0.1, -0.05) is 5.16 Å². The van der Waals surface area contributed by atoms with Gasteiger partial charge in [0.05, 0.1) is 6.42 Å². The van der Waals surface area contributed by atoms with Gasteiger partial charge in [-0.2, -0.15) is 4.98 Å². The Kier molecular flexibility index (Phi) is 3.61. The molecule has 0 aliphatic heterocycles. The largest absolute Gasteiger partial charge is 0.387 e. The number of aromatic nitrogens is 3. The molecular weight excluding hydrogens is 244 g/mol. The highest BCUT2D eigenvalue weighted by molar-refractivity contribution is 5.57. The first kappa shape index (κ1) is 12.6. The fourth-order valence-corrected chi connectivity index (χ4v) is 1.41. The second kappa shape index (κ2) is 5.18. The van der Waals surface area contributed by atoms with Crippen molar-refractivity contribution in [3.05, 3.63) is 29.9 Å². The van der Waals surface area contributed by atoms with Gasteiger partial charge in [0, 0.05) is 18.0 Å². The predicted octanol–water partition coefficient (Wildman–Crippen LogP) is 1.61. The van der Waals surface area contributed by atoms with Crippen molar-refractivity contribution >= 4 is 0 Å². The van der Waals surface area contributed by atoms with E-state index in [-0.39, 0.29) is 18.1 Å². The monoisotopic (exact) mass is 255 g/mol. The molecule has 2 rings (SSSR count). The molecule has 0 radical (unpaired) electrons. The molecular formula is C11H11F2N3O2. The van der Waals surface area contributed by atoms with Crippen LogP contribution in [0, 0.1) is 6.92 Å². The summed E-state index contributed by atoms with van der Waals surface area (Å²) in [5.41, 5.74) is 1.56. The van der Waals surface area contributed by atoms with Gasteiger partial charge in [0.25, 0.3) is 6.43 Å². The zero-order valence-electron chi connectivity index (χ0n) is 9.55. The van der Waals surface area contributed by atoms with Gasteiger partial charge in [0.2, 0.25) is 11.7 Å². The summed E-state index contributed by atoms with van der Waals surface area (Å²) in [6, 6.07) is 1.78. The van der Waals surface area contributed by atoms with Gasteiger partial charge in [-0.15, -0.1) is 0 Å². The third-order valence-corrected chi connectivity index (χ3v) is 2.42. The van der Waals surface area contributed by atoms with Gasteiger partial charge in [-0.3, -0.25) is 4.98 Å². The van der Waals surface area contributed by atoms with Crippen molar-refractivity contribution in [2.75, 3.05) is 0 Å². The summed E-state index contributed by atoms with van der Waals surface area (Å²) in [7, 11) is 0. The highest BCUT2D eigenvalue weighted by Gasteiger charge is 2.21. The van der Waals surface area contributed by atoms with E-state index in [9.17, 15) is 8.78 Å². The quantitative estimate of drug-likeness (QED) is 0.898. The van der Waals surface area contributed by atoms with Gasteiger partial charge >= 0.3 is 0 Å².